The van der Waals surface area contributed by atoms with Gasteiger partial charge in [0, 0.05) is 17.3 Å². The summed E-state index contributed by atoms with van der Waals surface area (Å²) in [5.74, 6) is 2.27. The van der Waals surface area contributed by atoms with E-state index in [9.17, 15) is 4.79 Å². The van der Waals surface area contributed by atoms with Gasteiger partial charge in [0.1, 0.15) is 5.78 Å². The largest absolute Gasteiger partial charge is 0.299 e. The molecule has 0 N–H and O–H groups in total. The molecule has 4 aliphatic rings. The van der Waals surface area contributed by atoms with Crippen molar-refractivity contribution in [3.63, 3.8) is 0 Å². The summed E-state index contributed by atoms with van der Waals surface area (Å²) >= 11 is 0. The van der Waals surface area contributed by atoms with Crippen LogP contribution in [0, 0.1) is 28.6 Å². The molecule has 0 unspecified atom stereocenters. The van der Waals surface area contributed by atoms with Crippen LogP contribution in [0.1, 0.15) is 39.5 Å². The van der Waals surface area contributed by atoms with Crippen LogP contribution in [0.2, 0.25) is 0 Å². The Hall–Kier alpha value is -1.37. The van der Waals surface area contributed by atoms with Gasteiger partial charge in [0.15, 0.2) is 0 Å². The number of carbonyl (C=O) groups is 1. The van der Waals surface area contributed by atoms with Crippen LogP contribution in [0.25, 0.3) is 0 Å². The van der Waals surface area contributed by atoms with Gasteiger partial charge in [-0.25, -0.2) is 0 Å². The summed E-state index contributed by atoms with van der Waals surface area (Å²) in [7, 11) is 0. The van der Waals surface area contributed by atoms with E-state index in [2.05, 4.69) is 50.8 Å². The lowest BCUT2D eigenvalue weighted by atomic mass is 9.50. The number of Topliss-reactive ketones (excluding diaryl/α,β-unsaturated/α-hetero) is 1. The van der Waals surface area contributed by atoms with Gasteiger partial charge in [-0.1, -0.05) is 50.8 Å². The molecular weight excluding hydrogens is 256 g/mol. The molecule has 0 radical (unpaired) electrons. The third kappa shape index (κ3) is 1.61. The van der Waals surface area contributed by atoms with Crippen LogP contribution < -0.4 is 0 Å². The molecule has 0 heterocycles. The van der Waals surface area contributed by atoms with E-state index in [0.717, 1.165) is 24.8 Å². The van der Waals surface area contributed by atoms with E-state index in [-0.39, 0.29) is 10.8 Å². The van der Waals surface area contributed by atoms with E-state index in [1.807, 2.05) is 0 Å². The molecule has 4 aliphatic carbocycles. The molecule has 2 saturated carbocycles. The lowest BCUT2D eigenvalue weighted by Gasteiger charge is -2.53. The van der Waals surface area contributed by atoms with E-state index in [1.165, 1.54) is 12.0 Å². The topological polar surface area (TPSA) is 17.1 Å². The van der Waals surface area contributed by atoms with Crippen molar-refractivity contribution < 1.29 is 4.79 Å². The highest BCUT2D eigenvalue weighted by Crippen LogP contribution is 2.61. The molecule has 0 amide bonds. The molecule has 110 valence electrons. The first-order valence-electron chi connectivity index (χ1n) is 8.27. The van der Waals surface area contributed by atoms with Gasteiger partial charge < -0.3 is 0 Å². The fourth-order valence-electron chi connectivity index (χ4n) is 5.50. The van der Waals surface area contributed by atoms with Gasteiger partial charge in [-0.3, -0.25) is 4.79 Å². The second kappa shape index (κ2) is 4.09. The van der Waals surface area contributed by atoms with Gasteiger partial charge in [0.2, 0.25) is 0 Å². The van der Waals surface area contributed by atoms with Gasteiger partial charge in [-0.2, -0.15) is 0 Å². The summed E-state index contributed by atoms with van der Waals surface area (Å²) in [5.41, 5.74) is 2.59. The standard InChI is InChI=1S/C20H24O/c1-13-8-10-19(2)14(12-13)4-5-15-16-6-7-18(21)20(16,3)11-9-17(15)19/h4-5,8,10,12,15-17H,1,6-7,9,11H2,2-3H3/t15-,16-,17-,19-,20-/m0/s1. The average molecular weight is 280 g/mol. The van der Waals surface area contributed by atoms with Crippen LogP contribution >= 0.6 is 0 Å². The van der Waals surface area contributed by atoms with Crippen LogP contribution in [0.5, 0.6) is 0 Å². The monoisotopic (exact) mass is 280 g/mol. The Balaban J connectivity index is 1.78. The fraction of sp³-hybridized carbons (Fsp3) is 0.550. The molecule has 0 aromatic rings. The van der Waals surface area contributed by atoms with Gasteiger partial charge in [-0.15, -0.1) is 0 Å². The quantitative estimate of drug-likeness (QED) is 0.632. The van der Waals surface area contributed by atoms with Crippen molar-refractivity contribution in [1.82, 2.24) is 0 Å². The minimum absolute atomic E-state index is 0.0505. The Labute approximate surface area is 127 Å². The molecule has 4 rings (SSSR count). The number of carbonyl (C=O) groups excluding carboxylic acids is 1. The highest BCUT2D eigenvalue weighted by Gasteiger charge is 2.57. The second-order valence-electron chi connectivity index (χ2n) is 7.86. The highest BCUT2D eigenvalue weighted by molar-refractivity contribution is 5.87. The third-order valence-corrected chi connectivity index (χ3v) is 6.92. The Morgan fingerprint density at radius 2 is 2.00 bits per heavy atom. The van der Waals surface area contributed by atoms with Gasteiger partial charge in [-0.05, 0) is 48.2 Å². The minimum atomic E-state index is -0.0505. The van der Waals surface area contributed by atoms with Crippen molar-refractivity contribution in [3.8, 4) is 0 Å². The van der Waals surface area contributed by atoms with E-state index in [1.54, 1.807) is 0 Å². The number of allylic oxidation sites excluding steroid dienone is 7. The first-order valence-corrected chi connectivity index (χ1v) is 8.27. The number of fused-ring (bicyclic) bond motifs is 5. The van der Waals surface area contributed by atoms with Crippen LogP contribution in [-0.4, -0.2) is 5.78 Å². The van der Waals surface area contributed by atoms with Crippen LogP contribution in [0.15, 0.2) is 48.1 Å². The molecular formula is C20H24O. The molecule has 1 nitrogen and oxygen atoms in total. The van der Waals surface area contributed by atoms with Gasteiger partial charge >= 0.3 is 0 Å². The molecule has 0 bridgehead atoms. The predicted octanol–water partition coefficient (Wildman–Crippen LogP) is 4.63. The lowest BCUT2D eigenvalue weighted by Crippen LogP contribution is -2.47. The van der Waals surface area contributed by atoms with Crippen LogP contribution in [0.3, 0.4) is 0 Å². The van der Waals surface area contributed by atoms with E-state index >= 15 is 0 Å². The number of rotatable bonds is 0. The summed E-state index contributed by atoms with van der Waals surface area (Å²) in [6.45, 7) is 8.68. The maximum absolute atomic E-state index is 12.3. The molecule has 1 heteroatoms. The van der Waals surface area contributed by atoms with Crippen molar-refractivity contribution in [1.29, 1.82) is 0 Å². The van der Waals surface area contributed by atoms with Gasteiger partial charge in [0.25, 0.3) is 0 Å². The number of ketones is 1. The predicted molar refractivity (Wildman–Crippen MR) is 85.7 cm³/mol. The zero-order valence-electron chi connectivity index (χ0n) is 13.1. The molecule has 0 aromatic carbocycles. The molecule has 21 heavy (non-hydrogen) atoms. The normalized spacial score (nSPS) is 47.7. The van der Waals surface area contributed by atoms with E-state index in [0.29, 0.717) is 23.5 Å². The molecule has 0 saturated heterocycles. The number of hydrogen-bond donors (Lipinski definition) is 0. The summed E-state index contributed by atoms with van der Waals surface area (Å²) in [4.78, 5) is 12.3. The zero-order valence-corrected chi connectivity index (χ0v) is 13.1. The molecule has 0 spiro atoms. The average Bonchev–Trinajstić information content (AvgIpc) is 2.76. The molecule has 0 aromatic heterocycles. The summed E-state index contributed by atoms with van der Waals surface area (Å²) in [6.07, 6.45) is 15.6. The van der Waals surface area contributed by atoms with Crippen molar-refractivity contribution in [2.75, 3.05) is 0 Å². The molecule has 0 aliphatic heterocycles. The Morgan fingerprint density at radius 1 is 1.19 bits per heavy atom. The molecule has 5 atom stereocenters. The maximum Gasteiger partial charge on any atom is 0.139 e. The summed E-state index contributed by atoms with van der Waals surface area (Å²) in [6, 6.07) is 0. The first kappa shape index (κ1) is 13.3. The van der Waals surface area contributed by atoms with Crippen molar-refractivity contribution in [2.45, 2.75) is 39.5 Å². The third-order valence-electron chi connectivity index (χ3n) is 6.92. The van der Waals surface area contributed by atoms with E-state index < -0.39 is 0 Å². The Kier molecular flexibility index (Phi) is 2.59. The maximum atomic E-state index is 12.3. The Morgan fingerprint density at radius 3 is 2.81 bits per heavy atom. The highest BCUT2D eigenvalue weighted by atomic mass is 16.1. The smallest absolute Gasteiger partial charge is 0.139 e. The van der Waals surface area contributed by atoms with Crippen molar-refractivity contribution in [2.24, 2.45) is 28.6 Å². The molecule has 2 fully saturated rings. The summed E-state index contributed by atoms with van der Waals surface area (Å²) in [5, 5.41) is 0. The first-order chi connectivity index (χ1) is 9.95. The van der Waals surface area contributed by atoms with E-state index in [4.69, 9.17) is 0 Å². The summed E-state index contributed by atoms with van der Waals surface area (Å²) < 4.78 is 0. The van der Waals surface area contributed by atoms with Crippen LogP contribution in [-0.2, 0) is 4.79 Å². The fourth-order valence-corrected chi connectivity index (χ4v) is 5.50. The lowest BCUT2D eigenvalue weighted by molar-refractivity contribution is -0.130. The van der Waals surface area contributed by atoms with Crippen molar-refractivity contribution >= 4 is 5.78 Å². The number of hydrogen-bond acceptors (Lipinski definition) is 1. The zero-order chi connectivity index (χ0) is 14.8. The van der Waals surface area contributed by atoms with Gasteiger partial charge in [0.05, 0.1) is 0 Å². The second-order valence-corrected chi connectivity index (χ2v) is 7.86. The Bertz CT molecular complexity index is 620. The SMILES string of the molecule is C=C1C=C[C@@]2(C)C(=C1)C=C[C@@H]1[C@@H]2CC[C@]2(C)C(=O)CC[C@@H]12. The van der Waals surface area contributed by atoms with Crippen molar-refractivity contribution in [3.05, 3.63) is 48.1 Å². The minimum Gasteiger partial charge on any atom is -0.299 e. The van der Waals surface area contributed by atoms with Crippen LogP contribution in [0.4, 0.5) is 0 Å².